The summed E-state index contributed by atoms with van der Waals surface area (Å²) in [6, 6.07) is 6.64. The Hall–Kier alpha value is -1.02. The summed E-state index contributed by atoms with van der Waals surface area (Å²) >= 11 is 0. The normalized spacial score (nSPS) is 15.2. The molecule has 0 heterocycles. The van der Waals surface area contributed by atoms with Crippen molar-refractivity contribution in [2.24, 2.45) is 0 Å². The fourth-order valence-electron chi connectivity index (χ4n) is 2.08. The Labute approximate surface area is 125 Å². The maximum Gasteiger partial charge on any atom is 0.250 e. The highest BCUT2D eigenvalue weighted by Crippen LogP contribution is 2.42. The van der Waals surface area contributed by atoms with Gasteiger partial charge in [0, 0.05) is 5.56 Å². The van der Waals surface area contributed by atoms with Crippen molar-refractivity contribution < 1.29 is 4.43 Å². The molecule has 1 nitrogen and oxygen atoms in total. The summed E-state index contributed by atoms with van der Waals surface area (Å²) in [4.78, 5) is 0. The number of hydrogen-bond acceptors (Lipinski definition) is 1. The van der Waals surface area contributed by atoms with Crippen LogP contribution in [0.25, 0.3) is 5.57 Å². The fourth-order valence-corrected chi connectivity index (χ4v) is 3.10. The van der Waals surface area contributed by atoms with E-state index in [-0.39, 0.29) is 5.04 Å². The first-order valence-corrected chi connectivity index (χ1v) is 10.5. The molecule has 1 saturated carbocycles. The van der Waals surface area contributed by atoms with Gasteiger partial charge in [-0.3, -0.25) is 0 Å². The van der Waals surface area contributed by atoms with Crippen molar-refractivity contribution in [2.45, 2.75) is 65.6 Å². The van der Waals surface area contributed by atoms with E-state index in [1.165, 1.54) is 29.5 Å². The Morgan fingerprint density at radius 1 is 1.15 bits per heavy atom. The Morgan fingerprint density at radius 2 is 1.75 bits per heavy atom. The molecule has 1 aromatic carbocycles. The number of benzene rings is 1. The van der Waals surface area contributed by atoms with E-state index in [0.717, 1.165) is 5.75 Å². The molecule has 0 spiro atoms. The van der Waals surface area contributed by atoms with Crippen molar-refractivity contribution in [1.82, 2.24) is 0 Å². The van der Waals surface area contributed by atoms with Gasteiger partial charge in [0.15, 0.2) is 0 Å². The van der Waals surface area contributed by atoms with Crippen molar-refractivity contribution in [3.8, 4) is 5.75 Å². The lowest BCUT2D eigenvalue weighted by Crippen LogP contribution is -2.44. The van der Waals surface area contributed by atoms with E-state index in [1.54, 1.807) is 5.57 Å². The SMILES string of the molecule is CC(=C1CC1)c1ccc(C)cc1O[Si](C)(C)C(C)(C)C. The first-order chi connectivity index (χ1) is 9.12. The zero-order valence-electron chi connectivity index (χ0n) is 14.1. The van der Waals surface area contributed by atoms with Crippen molar-refractivity contribution in [3.63, 3.8) is 0 Å². The van der Waals surface area contributed by atoms with Crippen LogP contribution in [0.5, 0.6) is 5.75 Å². The molecule has 2 rings (SSSR count). The summed E-state index contributed by atoms with van der Waals surface area (Å²) in [6.07, 6.45) is 2.53. The van der Waals surface area contributed by atoms with Gasteiger partial charge in [0.25, 0.3) is 8.32 Å². The molecule has 1 aliphatic rings. The van der Waals surface area contributed by atoms with Gasteiger partial charge in [-0.05, 0) is 62.0 Å². The molecule has 110 valence electrons. The maximum atomic E-state index is 6.58. The Bertz CT molecular complexity index is 541. The van der Waals surface area contributed by atoms with Crippen molar-refractivity contribution >= 4 is 13.9 Å². The number of allylic oxidation sites excluding steroid dienone is 2. The summed E-state index contributed by atoms with van der Waals surface area (Å²) in [7, 11) is -1.78. The zero-order chi connectivity index (χ0) is 15.1. The summed E-state index contributed by atoms with van der Waals surface area (Å²) in [6.45, 7) is 15.9. The lowest BCUT2D eigenvalue weighted by atomic mass is 10.0. The van der Waals surface area contributed by atoms with Crippen LogP contribution >= 0.6 is 0 Å². The van der Waals surface area contributed by atoms with Crippen LogP contribution in [0.2, 0.25) is 18.1 Å². The molecule has 20 heavy (non-hydrogen) atoms. The first-order valence-electron chi connectivity index (χ1n) is 7.60. The van der Waals surface area contributed by atoms with Crippen LogP contribution in [-0.4, -0.2) is 8.32 Å². The maximum absolute atomic E-state index is 6.58. The fraction of sp³-hybridized carbons (Fsp3) is 0.556. The smallest absolute Gasteiger partial charge is 0.250 e. The highest BCUT2D eigenvalue weighted by molar-refractivity contribution is 6.74. The van der Waals surface area contributed by atoms with Crippen LogP contribution in [0.1, 0.15) is 51.7 Å². The van der Waals surface area contributed by atoms with Gasteiger partial charge in [0.1, 0.15) is 5.75 Å². The second-order valence-corrected chi connectivity index (χ2v) is 12.3. The van der Waals surface area contributed by atoms with Crippen molar-refractivity contribution in [2.75, 3.05) is 0 Å². The van der Waals surface area contributed by atoms with E-state index < -0.39 is 8.32 Å². The highest BCUT2D eigenvalue weighted by Gasteiger charge is 2.39. The van der Waals surface area contributed by atoms with E-state index in [9.17, 15) is 0 Å². The minimum atomic E-state index is -1.78. The van der Waals surface area contributed by atoms with Gasteiger partial charge in [0.2, 0.25) is 0 Å². The molecule has 0 atom stereocenters. The predicted molar refractivity (Wildman–Crippen MR) is 90.8 cm³/mol. The summed E-state index contributed by atoms with van der Waals surface area (Å²) in [5, 5.41) is 0.231. The van der Waals surface area contributed by atoms with Crippen molar-refractivity contribution in [3.05, 3.63) is 34.9 Å². The Kier molecular flexibility index (Phi) is 3.89. The summed E-state index contributed by atoms with van der Waals surface area (Å²) in [5.41, 5.74) is 5.59. The molecule has 1 fully saturated rings. The Morgan fingerprint density at radius 3 is 2.25 bits per heavy atom. The minimum absolute atomic E-state index is 0.231. The molecule has 0 aliphatic heterocycles. The van der Waals surface area contributed by atoms with Gasteiger partial charge in [-0.25, -0.2) is 0 Å². The molecule has 0 unspecified atom stereocenters. The largest absolute Gasteiger partial charge is 0.543 e. The molecule has 2 heteroatoms. The van der Waals surface area contributed by atoms with Gasteiger partial charge >= 0.3 is 0 Å². The molecular weight excluding hydrogens is 260 g/mol. The molecule has 0 bridgehead atoms. The summed E-state index contributed by atoms with van der Waals surface area (Å²) in [5.74, 6) is 1.09. The van der Waals surface area contributed by atoms with Crippen LogP contribution in [0.15, 0.2) is 23.8 Å². The van der Waals surface area contributed by atoms with E-state index in [2.05, 4.69) is 65.9 Å². The molecule has 0 N–H and O–H groups in total. The standard InChI is InChI=1S/C18H28OSi/c1-13-8-11-16(14(2)15-9-10-15)17(12-13)19-20(6,7)18(3,4)5/h8,11-12H,9-10H2,1-7H3. The quantitative estimate of drug-likeness (QED) is 0.625. The molecule has 1 aromatic rings. The molecular formula is C18H28OSi. The lowest BCUT2D eigenvalue weighted by molar-refractivity contribution is 0.490. The van der Waals surface area contributed by atoms with Crippen LogP contribution in [0, 0.1) is 6.92 Å². The van der Waals surface area contributed by atoms with E-state index in [1.807, 2.05) is 0 Å². The van der Waals surface area contributed by atoms with Gasteiger partial charge < -0.3 is 4.43 Å². The monoisotopic (exact) mass is 288 g/mol. The minimum Gasteiger partial charge on any atom is -0.543 e. The second-order valence-electron chi connectivity index (χ2n) is 7.59. The van der Waals surface area contributed by atoms with Crippen LogP contribution < -0.4 is 4.43 Å². The highest BCUT2D eigenvalue weighted by atomic mass is 28.4. The molecule has 0 radical (unpaired) electrons. The third-order valence-corrected chi connectivity index (χ3v) is 9.09. The van der Waals surface area contributed by atoms with Gasteiger partial charge in [-0.15, -0.1) is 0 Å². The topological polar surface area (TPSA) is 9.23 Å². The second kappa shape index (κ2) is 5.07. The van der Waals surface area contributed by atoms with Gasteiger partial charge in [-0.1, -0.05) is 38.5 Å². The van der Waals surface area contributed by atoms with Crippen molar-refractivity contribution in [1.29, 1.82) is 0 Å². The van der Waals surface area contributed by atoms with E-state index in [4.69, 9.17) is 4.43 Å². The van der Waals surface area contributed by atoms with Crippen LogP contribution in [0.4, 0.5) is 0 Å². The first kappa shape index (κ1) is 15.4. The molecule has 1 aliphatic carbocycles. The third-order valence-electron chi connectivity index (χ3n) is 4.74. The average molecular weight is 289 g/mol. The summed E-state index contributed by atoms with van der Waals surface area (Å²) < 4.78 is 6.58. The third kappa shape index (κ3) is 3.17. The molecule has 0 saturated heterocycles. The number of aryl methyl sites for hydroxylation is 1. The zero-order valence-corrected chi connectivity index (χ0v) is 15.1. The van der Waals surface area contributed by atoms with Crippen LogP contribution in [-0.2, 0) is 0 Å². The van der Waals surface area contributed by atoms with Gasteiger partial charge in [0.05, 0.1) is 0 Å². The number of rotatable bonds is 3. The van der Waals surface area contributed by atoms with E-state index >= 15 is 0 Å². The molecule has 0 aromatic heterocycles. The average Bonchev–Trinajstić information content (AvgIpc) is 3.09. The lowest BCUT2D eigenvalue weighted by Gasteiger charge is -2.37. The predicted octanol–water partition coefficient (Wildman–Crippen LogP) is 5.95. The van der Waals surface area contributed by atoms with E-state index in [0.29, 0.717) is 0 Å². The number of hydrogen-bond donors (Lipinski definition) is 0. The Balaban J connectivity index is 2.41. The molecule has 0 amide bonds. The van der Waals surface area contributed by atoms with Crippen LogP contribution in [0.3, 0.4) is 0 Å². The van der Waals surface area contributed by atoms with Gasteiger partial charge in [-0.2, -0.15) is 0 Å².